The first-order valence-electron chi connectivity index (χ1n) is 7.08. The monoisotopic (exact) mass is 407 g/mol. The van der Waals surface area contributed by atoms with Gasteiger partial charge >= 0.3 is 12.1 Å². The minimum Gasteiger partial charge on any atom is -0.465 e. The van der Waals surface area contributed by atoms with E-state index in [4.69, 9.17) is 11.6 Å². The van der Waals surface area contributed by atoms with E-state index in [9.17, 15) is 26.4 Å². The van der Waals surface area contributed by atoms with Crippen molar-refractivity contribution >= 4 is 27.6 Å². The molecule has 0 aliphatic rings. The van der Waals surface area contributed by atoms with E-state index in [0.29, 0.717) is 0 Å². The molecule has 0 atom stereocenters. The van der Waals surface area contributed by atoms with E-state index in [0.717, 1.165) is 25.3 Å². The molecule has 2 rings (SSSR count). The molecule has 140 valence electrons. The lowest BCUT2D eigenvalue weighted by Gasteiger charge is -2.11. The Kier molecular flexibility index (Phi) is 5.94. The van der Waals surface area contributed by atoms with Gasteiger partial charge in [0.1, 0.15) is 0 Å². The molecule has 0 amide bonds. The zero-order chi connectivity index (χ0) is 19.5. The van der Waals surface area contributed by atoms with Crippen molar-refractivity contribution in [1.82, 2.24) is 4.72 Å². The van der Waals surface area contributed by atoms with Gasteiger partial charge in [0.05, 0.1) is 28.2 Å². The zero-order valence-corrected chi connectivity index (χ0v) is 14.9. The summed E-state index contributed by atoms with van der Waals surface area (Å²) in [6, 6.07) is 7.70. The van der Waals surface area contributed by atoms with Crippen molar-refractivity contribution in [3.63, 3.8) is 0 Å². The molecular weight excluding hydrogens is 395 g/mol. The third kappa shape index (κ3) is 4.75. The molecule has 0 aromatic heterocycles. The maximum absolute atomic E-state index is 12.7. The van der Waals surface area contributed by atoms with Crippen LogP contribution in [0.4, 0.5) is 13.2 Å². The normalized spacial score (nSPS) is 12.0. The average Bonchev–Trinajstić information content (AvgIpc) is 2.59. The summed E-state index contributed by atoms with van der Waals surface area (Å²) < 4.78 is 69.5. The van der Waals surface area contributed by atoms with E-state index in [2.05, 4.69) is 9.46 Å². The Balaban J connectivity index is 2.24. The minimum atomic E-state index is -4.53. The number of ether oxygens (including phenoxy) is 1. The summed E-state index contributed by atoms with van der Waals surface area (Å²) in [5, 5.41) is 0.00804. The number of sulfonamides is 1. The predicted molar refractivity (Wildman–Crippen MR) is 88.3 cm³/mol. The molecule has 0 saturated heterocycles. The lowest BCUT2D eigenvalue weighted by Crippen LogP contribution is -2.24. The van der Waals surface area contributed by atoms with Crippen LogP contribution in [0.1, 0.15) is 21.5 Å². The molecule has 0 fully saturated rings. The molecule has 2 aromatic rings. The first-order valence-corrected chi connectivity index (χ1v) is 8.94. The van der Waals surface area contributed by atoms with Crippen molar-refractivity contribution in [3.8, 4) is 0 Å². The largest absolute Gasteiger partial charge is 0.465 e. The number of benzene rings is 2. The first kappa shape index (κ1) is 20.2. The number of methoxy groups -OCH3 is 1. The fourth-order valence-corrected chi connectivity index (χ4v) is 3.30. The maximum Gasteiger partial charge on any atom is 0.416 e. The minimum absolute atomic E-state index is 0.00804. The number of hydrogen-bond donors (Lipinski definition) is 1. The highest BCUT2D eigenvalue weighted by Crippen LogP contribution is 2.29. The fourth-order valence-electron chi connectivity index (χ4n) is 2.06. The Labute approximate surface area is 152 Å². The molecule has 0 heterocycles. The molecule has 5 nitrogen and oxygen atoms in total. The Hall–Kier alpha value is -2.10. The summed E-state index contributed by atoms with van der Waals surface area (Å²) in [5.41, 5.74) is -0.893. The summed E-state index contributed by atoms with van der Waals surface area (Å²) >= 11 is 5.83. The Bertz CT molecular complexity index is 929. The quantitative estimate of drug-likeness (QED) is 0.768. The van der Waals surface area contributed by atoms with Crippen molar-refractivity contribution in [1.29, 1.82) is 0 Å². The number of carbonyl (C=O) groups excluding carboxylic acids is 1. The van der Waals surface area contributed by atoms with Gasteiger partial charge in [0.2, 0.25) is 10.0 Å². The summed E-state index contributed by atoms with van der Waals surface area (Å²) in [7, 11) is -2.97. The van der Waals surface area contributed by atoms with E-state index in [1.54, 1.807) is 0 Å². The molecule has 0 radical (unpaired) electrons. The fraction of sp³-hybridized carbons (Fsp3) is 0.188. The second-order valence-electron chi connectivity index (χ2n) is 5.16. The van der Waals surface area contributed by atoms with E-state index in [1.807, 2.05) is 0 Å². The van der Waals surface area contributed by atoms with Crippen LogP contribution in [-0.2, 0) is 27.5 Å². The Morgan fingerprint density at radius 1 is 1.19 bits per heavy atom. The molecule has 0 saturated carbocycles. The summed E-state index contributed by atoms with van der Waals surface area (Å²) in [6.45, 7) is -0.359. The van der Waals surface area contributed by atoms with E-state index >= 15 is 0 Å². The number of nitrogens with one attached hydrogen (secondary N) is 1. The maximum atomic E-state index is 12.7. The SMILES string of the molecule is COC(=O)c1cc(S(=O)(=O)NCc2cccc(C(F)(F)F)c2)ccc1Cl. The van der Waals surface area contributed by atoms with E-state index < -0.39 is 27.7 Å². The van der Waals surface area contributed by atoms with Gasteiger partial charge in [0.15, 0.2) is 0 Å². The van der Waals surface area contributed by atoms with Crippen LogP contribution in [0.3, 0.4) is 0 Å². The summed E-state index contributed by atoms with van der Waals surface area (Å²) in [6.07, 6.45) is -4.53. The van der Waals surface area contributed by atoms with Gasteiger partial charge in [0, 0.05) is 6.54 Å². The lowest BCUT2D eigenvalue weighted by atomic mass is 10.1. The second kappa shape index (κ2) is 7.65. The molecule has 2 aromatic carbocycles. The highest BCUT2D eigenvalue weighted by Gasteiger charge is 2.30. The number of esters is 1. The molecule has 1 N–H and O–H groups in total. The molecular formula is C16H13ClF3NO4S. The molecule has 0 unspecified atom stereocenters. The van der Waals surface area contributed by atoms with Crippen molar-refractivity contribution in [2.45, 2.75) is 17.6 Å². The van der Waals surface area contributed by atoms with Gasteiger partial charge in [-0.2, -0.15) is 13.2 Å². The standard InChI is InChI=1S/C16H13ClF3NO4S/c1-25-15(22)13-8-12(5-6-14(13)17)26(23,24)21-9-10-3-2-4-11(7-10)16(18,19)20/h2-8,21H,9H2,1H3. The van der Waals surface area contributed by atoms with Crippen LogP contribution in [0.25, 0.3) is 0 Å². The molecule has 26 heavy (non-hydrogen) atoms. The number of carbonyl (C=O) groups is 1. The van der Waals surface area contributed by atoms with Gasteiger partial charge in [-0.25, -0.2) is 17.9 Å². The number of rotatable bonds is 5. The summed E-state index contributed by atoms with van der Waals surface area (Å²) in [5.74, 6) is -0.815. The van der Waals surface area contributed by atoms with Crippen molar-refractivity contribution in [3.05, 3.63) is 64.2 Å². The van der Waals surface area contributed by atoms with Gasteiger partial charge < -0.3 is 4.74 Å². The van der Waals surface area contributed by atoms with Crippen LogP contribution in [0.15, 0.2) is 47.4 Å². The topological polar surface area (TPSA) is 72.5 Å². The van der Waals surface area contributed by atoms with Crippen LogP contribution >= 0.6 is 11.6 Å². The van der Waals surface area contributed by atoms with Crippen molar-refractivity contribution in [2.24, 2.45) is 0 Å². The van der Waals surface area contributed by atoms with Crippen LogP contribution in [0, 0.1) is 0 Å². The number of alkyl halides is 3. The number of hydrogen-bond acceptors (Lipinski definition) is 4. The third-order valence-corrected chi connectivity index (χ3v) is 5.10. The van der Waals surface area contributed by atoms with E-state index in [-0.39, 0.29) is 27.6 Å². The molecule has 0 spiro atoms. The smallest absolute Gasteiger partial charge is 0.416 e. The highest BCUT2D eigenvalue weighted by atomic mass is 35.5. The molecule has 0 aliphatic heterocycles. The third-order valence-electron chi connectivity index (χ3n) is 3.37. The second-order valence-corrected chi connectivity index (χ2v) is 7.33. The van der Waals surface area contributed by atoms with Crippen LogP contribution in [0.5, 0.6) is 0 Å². The predicted octanol–water partition coefficient (Wildman–Crippen LogP) is 3.62. The van der Waals surface area contributed by atoms with E-state index in [1.165, 1.54) is 24.3 Å². The first-order chi connectivity index (χ1) is 12.0. The molecule has 10 heteroatoms. The van der Waals surface area contributed by atoms with Crippen molar-refractivity contribution < 1.29 is 31.1 Å². The number of halogens is 4. The van der Waals surface area contributed by atoms with Crippen molar-refractivity contribution in [2.75, 3.05) is 7.11 Å². The van der Waals surface area contributed by atoms with Gasteiger partial charge in [-0.05, 0) is 29.8 Å². The highest BCUT2D eigenvalue weighted by molar-refractivity contribution is 7.89. The Morgan fingerprint density at radius 3 is 2.50 bits per heavy atom. The molecule has 0 aliphatic carbocycles. The van der Waals surface area contributed by atoms with Crippen LogP contribution in [0.2, 0.25) is 5.02 Å². The molecule has 0 bridgehead atoms. The lowest BCUT2D eigenvalue weighted by molar-refractivity contribution is -0.137. The van der Waals surface area contributed by atoms with Crippen LogP contribution < -0.4 is 4.72 Å². The average molecular weight is 408 g/mol. The summed E-state index contributed by atoms with van der Waals surface area (Å²) in [4.78, 5) is 11.3. The zero-order valence-electron chi connectivity index (χ0n) is 13.3. The van der Waals surface area contributed by atoms with Crippen LogP contribution in [-0.4, -0.2) is 21.5 Å². The van der Waals surface area contributed by atoms with Gasteiger partial charge in [-0.15, -0.1) is 0 Å². The Morgan fingerprint density at radius 2 is 1.88 bits per heavy atom. The van der Waals surface area contributed by atoms with Gasteiger partial charge in [-0.3, -0.25) is 0 Å². The van der Waals surface area contributed by atoms with Gasteiger partial charge in [-0.1, -0.05) is 29.8 Å². The van der Waals surface area contributed by atoms with Gasteiger partial charge in [0.25, 0.3) is 0 Å².